The molecule has 2 aromatic rings. The number of halogens is 1. The van der Waals surface area contributed by atoms with E-state index in [1.807, 2.05) is 10.8 Å². The topological polar surface area (TPSA) is 20.2 Å². The molecule has 16 heavy (non-hydrogen) atoms. The van der Waals surface area contributed by atoms with Gasteiger partial charge in [0, 0.05) is 25.2 Å². The maximum absolute atomic E-state index is 10.3. The molecule has 0 spiro atoms. The summed E-state index contributed by atoms with van der Waals surface area (Å²) in [7, 11) is 0. The van der Waals surface area contributed by atoms with Crippen LogP contribution < -0.4 is 0 Å². The Hall–Kier alpha value is -0.160. The van der Waals surface area contributed by atoms with Crippen LogP contribution in [-0.2, 0) is 12.8 Å². The van der Waals surface area contributed by atoms with Gasteiger partial charge in [0.25, 0.3) is 0 Å². The van der Waals surface area contributed by atoms with Crippen LogP contribution >= 0.6 is 38.6 Å². The Morgan fingerprint density at radius 2 is 2.19 bits per heavy atom. The average Bonchev–Trinajstić information content (AvgIpc) is 2.89. The van der Waals surface area contributed by atoms with E-state index in [-0.39, 0.29) is 0 Å². The number of hydrogen-bond acceptors (Lipinski definition) is 3. The van der Waals surface area contributed by atoms with Crippen molar-refractivity contribution in [1.82, 2.24) is 0 Å². The minimum absolute atomic E-state index is 0.462. The van der Waals surface area contributed by atoms with Crippen LogP contribution in [0.2, 0.25) is 0 Å². The first-order valence-corrected chi connectivity index (χ1v) is 7.82. The molecule has 84 valence electrons. The quantitative estimate of drug-likeness (QED) is 0.883. The number of thiophene rings is 2. The molecule has 1 aliphatic carbocycles. The summed E-state index contributed by atoms with van der Waals surface area (Å²) >= 11 is 6.86. The van der Waals surface area contributed by atoms with Gasteiger partial charge in [0.15, 0.2) is 0 Å². The summed E-state index contributed by atoms with van der Waals surface area (Å²) in [6.45, 7) is 0. The van der Waals surface area contributed by atoms with Gasteiger partial charge >= 0.3 is 0 Å². The van der Waals surface area contributed by atoms with E-state index in [4.69, 9.17) is 0 Å². The summed E-state index contributed by atoms with van der Waals surface area (Å²) < 4.78 is 1.01. The third-order valence-electron chi connectivity index (χ3n) is 2.97. The van der Waals surface area contributed by atoms with E-state index < -0.39 is 6.10 Å². The highest BCUT2D eigenvalue weighted by atomic mass is 79.9. The maximum Gasteiger partial charge on any atom is 0.115 e. The highest BCUT2D eigenvalue weighted by Crippen LogP contribution is 2.38. The highest BCUT2D eigenvalue weighted by molar-refractivity contribution is 9.10. The minimum Gasteiger partial charge on any atom is -0.383 e. The van der Waals surface area contributed by atoms with E-state index in [2.05, 4.69) is 22.0 Å². The van der Waals surface area contributed by atoms with Crippen molar-refractivity contribution >= 4 is 38.6 Å². The van der Waals surface area contributed by atoms with Crippen molar-refractivity contribution in [2.24, 2.45) is 0 Å². The number of aliphatic hydroxyl groups is 1. The summed E-state index contributed by atoms with van der Waals surface area (Å²) in [4.78, 5) is 2.56. The molecule has 0 bridgehead atoms. The highest BCUT2D eigenvalue weighted by Gasteiger charge is 2.21. The van der Waals surface area contributed by atoms with Gasteiger partial charge in [-0.2, -0.15) is 11.3 Å². The van der Waals surface area contributed by atoms with Gasteiger partial charge in [-0.25, -0.2) is 0 Å². The Labute approximate surface area is 111 Å². The van der Waals surface area contributed by atoms with Crippen molar-refractivity contribution in [2.45, 2.75) is 25.4 Å². The summed E-state index contributed by atoms with van der Waals surface area (Å²) in [6, 6.07) is 2.18. The summed E-state index contributed by atoms with van der Waals surface area (Å²) in [6.07, 6.45) is 3.19. The van der Waals surface area contributed by atoms with Crippen LogP contribution in [0.5, 0.6) is 0 Å². The molecule has 0 amide bonds. The van der Waals surface area contributed by atoms with Crippen molar-refractivity contribution in [2.75, 3.05) is 0 Å². The smallest absolute Gasteiger partial charge is 0.115 e. The first kappa shape index (κ1) is 11.0. The normalized spacial score (nSPS) is 16.4. The molecule has 1 nitrogen and oxygen atoms in total. The third-order valence-corrected chi connectivity index (χ3v) is 6.01. The molecule has 3 rings (SSSR count). The van der Waals surface area contributed by atoms with Gasteiger partial charge in [0.05, 0.1) is 0 Å². The Balaban J connectivity index is 1.95. The number of hydrogen-bond donors (Lipinski definition) is 1. The van der Waals surface area contributed by atoms with Crippen LogP contribution in [0.25, 0.3) is 0 Å². The molecule has 2 heterocycles. The van der Waals surface area contributed by atoms with Crippen LogP contribution in [0.4, 0.5) is 0 Å². The SMILES string of the molecule is OC(c1cc2c(s1)CCC2)c1cscc1Br. The maximum atomic E-state index is 10.3. The second-order valence-electron chi connectivity index (χ2n) is 4.03. The van der Waals surface area contributed by atoms with Gasteiger partial charge in [-0.05, 0) is 52.2 Å². The third kappa shape index (κ3) is 1.78. The van der Waals surface area contributed by atoms with Crippen LogP contribution in [0.1, 0.15) is 33.4 Å². The van der Waals surface area contributed by atoms with Gasteiger partial charge in [-0.1, -0.05) is 0 Å². The lowest BCUT2D eigenvalue weighted by molar-refractivity contribution is 0.224. The van der Waals surface area contributed by atoms with Gasteiger partial charge < -0.3 is 5.11 Å². The Bertz CT molecular complexity index is 493. The minimum atomic E-state index is -0.462. The fourth-order valence-corrected chi connectivity index (χ4v) is 4.92. The van der Waals surface area contributed by atoms with E-state index >= 15 is 0 Å². The van der Waals surface area contributed by atoms with Crippen LogP contribution in [0.3, 0.4) is 0 Å². The van der Waals surface area contributed by atoms with Crippen molar-refractivity contribution in [1.29, 1.82) is 0 Å². The predicted octanol–water partition coefficient (Wildman–Crippen LogP) is 4.14. The Morgan fingerprint density at radius 3 is 2.88 bits per heavy atom. The van der Waals surface area contributed by atoms with Gasteiger partial charge in [0.1, 0.15) is 6.10 Å². The monoisotopic (exact) mass is 314 g/mol. The summed E-state index contributed by atoms with van der Waals surface area (Å²) in [5, 5.41) is 14.3. The molecule has 0 aromatic carbocycles. The molecular weight excluding hydrogens is 304 g/mol. The fraction of sp³-hybridized carbons (Fsp3) is 0.333. The Morgan fingerprint density at radius 1 is 1.31 bits per heavy atom. The Kier molecular flexibility index (Phi) is 2.92. The van der Waals surface area contributed by atoms with E-state index in [1.54, 1.807) is 22.7 Å². The first-order valence-electron chi connectivity index (χ1n) is 5.27. The molecule has 2 aromatic heterocycles. The van der Waals surface area contributed by atoms with E-state index in [9.17, 15) is 5.11 Å². The zero-order valence-corrected chi connectivity index (χ0v) is 11.8. The van der Waals surface area contributed by atoms with E-state index in [1.165, 1.54) is 29.7 Å². The molecular formula is C12H11BrOS2. The molecule has 1 atom stereocenters. The van der Waals surface area contributed by atoms with Crippen LogP contribution in [-0.4, -0.2) is 5.11 Å². The molecule has 4 heteroatoms. The zero-order valence-electron chi connectivity index (χ0n) is 8.57. The lowest BCUT2D eigenvalue weighted by Gasteiger charge is -2.07. The van der Waals surface area contributed by atoms with Crippen molar-refractivity contribution in [3.63, 3.8) is 0 Å². The van der Waals surface area contributed by atoms with Crippen LogP contribution in [0.15, 0.2) is 21.3 Å². The number of aryl methyl sites for hydroxylation is 2. The number of fused-ring (bicyclic) bond motifs is 1. The van der Waals surface area contributed by atoms with E-state index in [0.29, 0.717) is 0 Å². The number of aliphatic hydroxyl groups excluding tert-OH is 1. The molecule has 1 aliphatic rings. The predicted molar refractivity (Wildman–Crippen MR) is 72.4 cm³/mol. The first-order chi connectivity index (χ1) is 7.75. The zero-order chi connectivity index (χ0) is 11.1. The second kappa shape index (κ2) is 4.26. The summed E-state index contributed by atoms with van der Waals surface area (Å²) in [5.41, 5.74) is 2.44. The molecule has 1 unspecified atom stereocenters. The molecule has 0 saturated heterocycles. The van der Waals surface area contributed by atoms with Gasteiger partial charge in [0.2, 0.25) is 0 Å². The molecule has 0 fully saturated rings. The largest absolute Gasteiger partial charge is 0.383 e. The fourth-order valence-electron chi connectivity index (χ4n) is 2.13. The standard InChI is InChI=1S/C12H11BrOS2/c13-9-6-15-5-8(9)12(14)11-4-7-2-1-3-10(7)16-11/h4-6,12,14H,1-3H2. The average molecular weight is 315 g/mol. The molecule has 0 aliphatic heterocycles. The number of rotatable bonds is 2. The summed E-state index contributed by atoms with van der Waals surface area (Å²) in [5.74, 6) is 0. The lowest BCUT2D eigenvalue weighted by atomic mass is 10.1. The molecule has 0 saturated carbocycles. The van der Waals surface area contributed by atoms with Crippen molar-refractivity contribution in [3.8, 4) is 0 Å². The lowest BCUT2D eigenvalue weighted by Crippen LogP contribution is -1.95. The van der Waals surface area contributed by atoms with Crippen LogP contribution in [0, 0.1) is 0 Å². The van der Waals surface area contributed by atoms with Crippen molar-refractivity contribution < 1.29 is 5.11 Å². The van der Waals surface area contributed by atoms with Gasteiger partial charge in [-0.3, -0.25) is 0 Å². The van der Waals surface area contributed by atoms with Crippen molar-refractivity contribution in [3.05, 3.63) is 42.2 Å². The second-order valence-corrected chi connectivity index (χ2v) is 6.79. The van der Waals surface area contributed by atoms with E-state index in [0.717, 1.165) is 14.9 Å². The van der Waals surface area contributed by atoms with Gasteiger partial charge in [-0.15, -0.1) is 11.3 Å². The molecule has 1 N–H and O–H groups in total. The molecule has 0 radical (unpaired) electrons.